The zero-order chi connectivity index (χ0) is 15.7. The summed E-state index contributed by atoms with van der Waals surface area (Å²) < 4.78 is 37.2. The summed E-state index contributed by atoms with van der Waals surface area (Å²) in [5.74, 6) is 0.927. The van der Waals surface area contributed by atoms with Gasteiger partial charge in [0, 0.05) is 20.0 Å². The van der Waals surface area contributed by atoms with Crippen molar-refractivity contribution in [3.05, 3.63) is 11.8 Å². The minimum atomic E-state index is -3.29. The van der Waals surface area contributed by atoms with E-state index in [4.69, 9.17) is 9.15 Å². The topological polar surface area (TPSA) is 85.5 Å². The lowest BCUT2D eigenvalue weighted by Gasteiger charge is -2.31. The SMILES string of the molecule is Cc1nnc(C2CN(S(=O)(=O)CCC(C)(C)C)CCO2)o1. The maximum atomic E-state index is 12.4. The van der Waals surface area contributed by atoms with E-state index in [9.17, 15) is 8.42 Å². The molecule has 1 fully saturated rings. The van der Waals surface area contributed by atoms with Gasteiger partial charge in [-0.2, -0.15) is 4.31 Å². The predicted octanol–water partition coefficient (Wildman–Crippen LogP) is 1.52. The smallest absolute Gasteiger partial charge is 0.246 e. The molecular weight excluding hydrogens is 294 g/mol. The van der Waals surface area contributed by atoms with Gasteiger partial charge in [-0.1, -0.05) is 20.8 Å². The van der Waals surface area contributed by atoms with E-state index < -0.39 is 16.1 Å². The molecule has 0 spiro atoms. The summed E-state index contributed by atoms with van der Waals surface area (Å²) in [6.45, 7) is 8.73. The number of aryl methyl sites for hydroxylation is 1. The Morgan fingerprint density at radius 2 is 2.05 bits per heavy atom. The van der Waals surface area contributed by atoms with E-state index in [-0.39, 0.29) is 17.7 Å². The number of hydrogen-bond acceptors (Lipinski definition) is 6. The third kappa shape index (κ3) is 4.49. The van der Waals surface area contributed by atoms with Crippen LogP contribution in [0.3, 0.4) is 0 Å². The molecule has 7 nitrogen and oxygen atoms in total. The fraction of sp³-hybridized carbons (Fsp3) is 0.846. The predicted molar refractivity (Wildman–Crippen MR) is 77.2 cm³/mol. The first-order chi connectivity index (χ1) is 9.67. The molecule has 0 bridgehead atoms. The maximum absolute atomic E-state index is 12.4. The number of hydrogen-bond donors (Lipinski definition) is 0. The first kappa shape index (κ1) is 16.4. The van der Waals surface area contributed by atoms with Crippen LogP contribution in [0.4, 0.5) is 0 Å². The maximum Gasteiger partial charge on any atom is 0.246 e. The summed E-state index contributed by atoms with van der Waals surface area (Å²) >= 11 is 0. The number of aromatic nitrogens is 2. The van der Waals surface area contributed by atoms with Crippen molar-refractivity contribution >= 4 is 10.0 Å². The molecule has 1 atom stereocenters. The quantitative estimate of drug-likeness (QED) is 0.837. The second-order valence-electron chi connectivity index (χ2n) is 6.50. The molecule has 0 aromatic carbocycles. The molecule has 0 amide bonds. The van der Waals surface area contributed by atoms with Crippen molar-refractivity contribution in [2.24, 2.45) is 5.41 Å². The normalized spacial score (nSPS) is 21.6. The van der Waals surface area contributed by atoms with E-state index in [1.807, 2.05) is 20.8 Å². The van der Waals surface area contributed by atoms with E-state index in [1.54, 1.807) is 6.92 Å². The molecule has 1 aliphatic rings. The van der Waals surface area contributed by atoms with Crippen molar-refractivity contribution in [3.8, 4) is 0 Å². The highest BCUT2D eigenvalue weighted by Crippen LogP contribution is 2.25. The number of ether oxygens (including phenoxy) is 1. The van der Waals surface area contributed by atoms with Crippen LogP contribution >= 0.6 is 0 Å². The van der Waals surface area contributed by atoms with Crippen LogP contribution in [0.25, 0.3) is 0 Å². The van der Waals surface area contributed by atoms with Gasteiger partial charge in [0.2, 0.25) is 21.8 Å². The standard InChI is InChI=1S/C13H23N3O4S/c1-10-14-15-12(20-10)11-9-16(6-7-19-11)21(17,18)8-5-13(2,3)4/h11H,5-9H2,1-4H3. The second-order valence-corrected chi connectivity index (χ2v) is 8.59. The van der Waals surface area contributed by atoms with Gasteiger partial charge in [0.15, 0.2) is 0 Å². The largest absolute Gasteiger partial charge is 0.423 e. The Morgan fingerprint density at radius 3 is 2.62 bits per heavy atom. The second kappa shape index (κ2) is 6.02. The zero-order valence-electron chi connectivity index (χ0n) is 13.0. The highest BCUT2D eigenvalue weighted by atomic mass is 32.2. The lowest BCUT2D eigenvalue weighted by Crippen LogP contribution is -2.43. The van der Waals surface area contributed by atoms with Crippen molar-refractivity contribution in [3.63, 3.8) is 0 Å². The first-order valence-corrected chi connectivity index (χ1v) is 8.68. The van der Waals surface area contributed by atoms with Gasteiger partial charge >= 0.3 is 0 Å². The van der Waals surface area contributed by atoms with E-state index in [2.05, 4.69) is 10.2 Å². The Morgan fingerprint density at radius 1 is 1.33 bits per heavy atom. The molecule has 2 heterocycles. The Bertz CT molecular complexity index is 576. The summed E-state index contributed by atoms with van der Waals surface area (Å²) in [6.07, 6.45) is 0.140. The molecule has 1 unspecified atom stereocenters. The van der Waals surface area contributed by atoms with Gasteiger partial charge in [0.1, 0.15) is 6.10 Å². The van der Waals surface area contributed by atoms with Gasteiger partial charge in [-0.3, -0.25) is 0 Å². The summed E-state index contributed by atoms with van der Waals surface area (Å²) in [5.41, 5.74) is -0.0116. The van der Waals surface area contributed by atoms with Gasteiger partial charge in [0.25, 0.3) is 0 Å². The summed E-state index contributed by atoms with van der Waals surface area (Å²) in [6, 6.07) is 0. The summed E-state index contributed by atoms with van der Waals surface area (Å²) in [4.78, 5) is 0. The van der Waals surface area contributed by atoms with Gasteiger partial charge in [-0.25, -0.2) is 8.42 Å². The zero-order valence-corrected chi connectivity index (χ0v) is 13.8. The van der Waals surface area contributed by atoms with Gasteiger partial charge < -0.3 is 9.15 Å². The Hall–Kier alpha value is -0.990. The number of rotatable bonds is 4. The van der Waals surface area contributed by atoms with Gasteiger partial charge in [-0.05, 0) is 11.8 Å². The minimum Gasteiger partial charge on any atom is -0.423 e. The van der Waals surface area contributed by atoms with Crippen LogP contribution in [-0.2, 0) is 14.8 Å². The van der Waals surface area contributed by atoms with Crippen molar-refractivity contribution in [1.29, 1.82) is 0 Å². The first-order valence-electron chi connectivity index (χ1n) is 7.07. The third-order valence-electron chi connectivity index (χ3n) is 3.35. The summed E-state index contributed by atoms with van der Waals surface area (Å²) in [7, 11) is -3.29. The lowest BCUT2D eigenvalue weighted by atomic mass is 9.94. The number of sulfonamides is 1. The Labute approximate surface area is 125 Å². The molecular formula is C13H23N3O4S. The highest BCUT2D eigenvalue weighted by molar-refractivity contribution is 7.89. The van der Waals surface area contributed by atoms with Gasteiger partial charge in [-0.15, -0.1) is 10.2 Å². The van der Waals surface area contributed by atoms with Crippen LogP contribution in [0.1, 0.15) is 45.1 Å². The molecule has 0 saturated carbocycles. The van der Waals surface area contributed by atoms with Crippen molar-refractivity contribution in [2.45, 2.75) is 40.2 Å². The van der Waals surface area contributed by atoms with Crippen LogP contribution < -0.4 is 0 Å². The molecule has 21 heavy (non-hydrogen) atoms. The molecule has 120 valence electrons. The van der Waals surface area contributed by atoms with E-state index >= 15 is 0 Å². The number of nitrogens with zero attached hydrogens (tertiary/aromatic N) is 3. The van der Waals surface area contributed by atoms with E-state index in [0.29, 0.717) is 31.4 Å². The fourth-order valence-corrected chi connectivity index (χ4v) is 3.88. The fourth-order valence-electron chi connectivity index (χ4n) is 2.03. The van der Waals surface area contributed by atoms with Crippen LogP contribution in [-0.4, -0.2) is 48.4 Å². The molecule has 1 aromatic heterocycles. The molecule has 0 radical (unpaired) electrons. The third-order valence-corrected chi connectivity index (χ3v) is 5.19. The average Bonchev–Trinajstić information content (AvgIpc) is 2.83. The lowest BCUT2D eigenvalue weighted by molar-refractivity contribution is -0.0177. The number of morpholine rings is 1. The molecule has 1 aromatic rings. The van der Waals surface area contributed by atoms with Crippen LogP contribution in [0.5, 0.6) is 0 Å². The van der Waals surface area contributed by atoms with Crippen molar-refractivity contribution < 1.29 is 17.6 Å². The van der Waals surface area contributed by atoms with Crippen LogP contribution in [0, 0.1) is 12.3 Å². The molecule has 1 aliphatic heterocycles. The minimum absolute atomic E-state index is 0.0116. The van der Waals surface area contributed by atoms with Crippen LogP contribution in [0.2, 0.25) is 0 Å². The van der Waals surface area contributed by atoms with Crippen molar-refractivity contribution in [2.75, 3.05) is 25.4 Å². The molecule has 0 aliphatic carbocycles. The summed E-state index contributed by atoms with van der Waals surface area (Å²) in [5, 5.41) is 7.66. The molecule has 8 heteroatoms. The molecule has 0 N–H and O–H groups in total. The highest BCUT2D eigenvalue weighted by Gasteiger charge is 2.33. The Kier molecular flexibility index (Phi) is 4.69. The monoisotopic (exact) mass is 317 g/mol. The average molecular weight is 317 g/mol. The van der Waals surface area contributed by atoms with Crippen LogP contribution in [0.15, 0.2) is 4.42 Å². The van der Waals surface area contributed by atoms with Gasteiger partial charge in [0.05, 0.1) is 12.4 Å². The molecule has 1 saturated heterocycles. The van der Waals surface area contributed by atoms with E-state index in [1.165, 1.54) is 4.31 Å². The van der Waals surface area contributed by atoms with E-state index in [0.717, 1.165) is 0 Å². The molecule has 2 rings (SSSR count). The Balaban J connectivity index is 2.03. The van der Waals surface area contributed by atoms with Crippen molar-refractivity contribution in [1.82, 2.24) is 14.5 Å².